The van der Waals surface area contributed by atoms with Gasteiger partial charge in [-0.3, -0.25) is 19.7 Å². The molecule has 0 aliphatic rings. The van der Waals surface area contributed by atoms with E-state index in [1.54, 1.807) is 18.6 Å². The topological polar surface area (TPSA) is 83.6 Å². The molecular weight excluding hydrogens is 406 g/mol. The van der Waals surface area contributed by atoms with Crippen LogP contribution in [-0.2, 0) is 12.8 Å². The molecule has 140 valence electrons. The quantitative estimate of drug-likeness (QED) is 0.535. The molecule has 6 nitrogen and oxygen atoms in total. The number of nitrogens with zero attached hydrogens (tertiary/aromatic N) is 3. The van der Waals surface area contributed by atoms with Crippen molar-refractivity contribution in [2.45, 2.75) is 32.6 Å². The molecule has 0 saturated carbocycles. The van der Waals surface area contributed by atoms with Crippen molar-refractivity contribution < 1.29 is 0 Å². The molecule has 0 fully saturated rings. The first-order valence-electron chi connectivity index (χ1n) is 8.95. The zero-order chi connectivity index (χ0) is 19.1. The number of rotatable bonds is 8. The van der Waals surface area contributed by atoms with Gasteiger partial charge in [-0.05, 0) is 65.9 Å². The number of nitrogens with one attached hydrogen (secondary N) is 2. The highest BCUT2D eigenvalue weighted by Crippen LogP contribution is 2.15. The normalized spacial score (nSPS) is 10.7. The van der Waals surface area contributed by atoms with Crippen LogP contribution in [0.1, 0.15) is 35.4 Å². The van der Waals surface area contributed by atoms with Gasteiger partial charge >= 0.3 is 0 Å². The number of aryl methyl sites for hydroxylation is 2. The first-order valence-corrected chi connectivity index (χ1v) is 9.74. The van der Waals surface area contributed by atoms with Gasteiger partial charge in [0.2, 0.25) is 5.95 Å². The maximum Gasteiger partial charge on any atom is 0.255 e. The summed E-state index contributed by atoms with van der Waals surface area (Å²) in [6, 6.07) is 7.84. The molecule has 3 aromatic heterocycles. The van der Waals surface area contributed by atoms with Crippen molar-refractivity contribution in [1.29, 1.82) is 0 Å². The van der Waals surface area contributed by atoms with Gasteiger partial charge in [0.15, 0.2) is 0 Å². The van der Waals surface area contributed by atoms with Crippen molar-refractivity contribution in [3.05, 3.63) is 80.2 Å². The fourth-order valence-corrected chi connectivity index (χ4v) is 3.14. The van der Waals surface area contributed by atoms with E-state index in [1.165, 1.54) is 0 Å². The SMILES string of the molecule is Cc1ccc(Cc2cnc(NCCCCc3ncccc3Br)[nH]c2=O)cn1. The molecule has 0 saturated heterocycles. The Bertz CT molecular complexity index is 940. The highest BCUT2D eigenvalue weighted by molar-refractivity contribution is 9.10. The van der Waals surface area contributed by atoms with E-state index in [9.17, 15) is 4.79 Å². The number of halogens is 1. The molecule has 3 rings (SSSR count). The molecule has 2 N–H and O–H groups in total. The minimum absolute atomic E-state index is 0.120. The second-order valence-electron chi connectivity index (χ2n) is 6.39. The molecule has 3 heterocycles. The van der Waals surface area contributed by atoms with Crippen LogP contribution >= 0.6 is 15.9 Å². The van der Waals surface area contributed by atoms with Crippen LogP contribution in [0.3, 0.4) is 0 Å². The third-order valence-electron chi connectivity index (χ3n) is 4.21. The van der Waals surface area contributed by atoms with E-state index in [1.807, 2.05) is 31.2 Å². The lowest BCUT2D eigenvalue weighted by Gasteiger charge is -2.07. The predicted octanol–water partition coefficient (Wildman–Crippen LogP) is 3.66. The molecule has 0 aliphatic heterocycles. The van der Waals surface area contributed by atoms with Crippen LogP contribution in [0.4, 0.5) is 5.95 Å². The average Bonchev–Trinajstić information content (AvgIpc) is 2.67. The monoisotopic (exact) mass is 427 g/mol. The van der Waals surface area contributed by atoms with Crippen molar-refractivity contribution in [2.24, 2.45) is 0 Å². The van der Waals surface area contributed by atoms with Gasteiger partial charge in [-0.25, -0.2) is 4.98 Å². The summed E-state index contributed by atoms with van der Waals surface area (Å²) in [5.74, 6) is 0.504. The van der Waals surface area contributed by atoms with Crippen LogP contribution in [0.5, 0.6) is 0 Å². The third-order valence-corrected chi connectivity index (χ3v) is 4.93. The minimum Gasteiger partial charge on any atom is -0.356 e. The Morgan fingerprint density at radius 2 is 2.00 bits per heavy atom. The Labute approximate surface area is 166 Å². The van der Waals surface area contributed by atoms with Gasteiger partial charge in [-0.1, -0.05) is 6.07 Å². The highest BCUT2D eigenvalue weighted by atomic mass is 79.9. The van der Waals surface area contributed by atoms with Crippen molar-refractivity contribution >= 4 is 21.9 Å². The number of H-pyrrole nitrogens is 1. The maximum atomic E-state index is 12.3. The van der Waals surface area contributed by atoms with Crippen LogP contribution < -0.4 is 10.9 Å². The fraction of sp³-hybridized carbons (Fsp3) is 0.300. The third kappa shape index (κ3) is 5.72. The standard InChI is InChI=1S/C20H22BrN5O/c1-14-7-8-15(12-24-14)11-16-13-25-20(26-19(16)27)23-9-3-2-6-18-17(21)5-4-10-22-18/h4-5,7-8,10,12-13H,2-3,6,9,11H2,1H3,(H2,23,25,26,27). The molecule has 0 bridgehead atoms. The summed E-state index contributed by atoms with van der Waals surface area (Å²) >= 11 is 3.51. The summed E-state index contributed by atoms with van der Waals surface area (Å²) in [5, 5.41) is 3.17. The Morgan fingerprint density at radius 1 is 1.11 bits per heavy atom. The van der Waals surface area contributed by atoms with Crippen LogP contribution in [0.15, 0.2) is 52.1 Å². The van der Waals surface area contributed by atoms with E-state index in [4.69, 9.17) is 0 Å². The lowest BCUT2D eigenvalue weighted by molar-refractivity contribution is 0.742. The molecule has 3 aromatic rings. The van der Waals surface area contributed by atoms with E-state index in [-0.39, 0.29) is 5.56 Å². The predicted molar refractivity (Wildman–Crippen MR) is 110 cm³/mol. The number of aromatic nitrogens is 4. The minimum atomic E-state index is -0.120. The second-order valence-corrected chi connectivity index (χ2v) is 7.24. The van der Waals surface area contributed by atoms with Crippen LogP contribution in [-0.4, -0.2) is 26.5 Å². The number of unbranched alkanes of at least 4 members (excludes halogenated alkanes) is 1. The molecule has 0 aromatic carbocycles. The van der Waals surface area contributed by atoms with Gasteiger partial charge in [-0.2, -0.15) is 0 Å². The van der Waals surface area contributed by atoms with E-state index in [0.29, 0.717) is 17.9 Å². The molecule has 0 unspecified atom stereocenters. The Kier molecular flexibility index (Phi) is 6.70. The maximum absolute atomic E-state index is 12.3. The summed E-state index contributed by atoms with van der Waals surface area (Å²) in [4.78, 5) is 28.0. The smallest absolute Gasteiger partial charge is 0.255 e. The van der Waals surface area contributed by atoms with Crippen LogP contribution in [0.2, 0.25) is 0 Å². The number of hydrogen-bond donors (Lipinski definition) is 2. The summed E-state index contributed by atoms with van der Waals surface area (Å²) in [7, 11) is 0. The molecule has 0 atom stereocenters. The summed E-state index contributed by atoms with van der Waals surface area (Å²) in [6.07, 6.45) is 8.63. The van der Waals surface area contributed by atoms with E-state index in [0.717, 1.165) is 47.2 Å². The van der Waals surface area contributed by atoms with Crippen molar-refractivity contribution in [2.75, 3.05) is 11.9 Å². The molecule has 27 heavy (non-hydrogen) atoms. The number of hydrogen-bond acceptors (Lipinski definition) is 5. The van der Waals surface area contributed by atoms with Gasteiger partial charge in [0.05, 0.1) is 5.69 Å². The summed E-state index contributed by atoms with van der Waals surface area (Å²) in [5.41, 5.74) is 3.53. The van der Waals surface area contributed by atoms with Gasteiger partial charge in [0.25, 0.3) is 5.56 Å². The van der Waals surface area contributed by atoms with Crippen molar-refractivity contribution in [3.8, 4) is 0 Å². The highest BCUT2D eigenvalue weighted by Gasteiger charge is 2.05. The lowest BCUT2D eigenvalue weighted by Crippen LogP contribution is -2.17. The largest absolute Gasteiger partial charge is 0.356 e. The zero-order valence-corrected chi connectivity index (χ0v) is 16.8. The summed E-state index contributed by atoms with van der Waals surface area (Å²) < 4.78 is 1.04. The Balaban J connectivity index is 1.47. The number of pyridine rings is 2. The fourth-order valence-electron chi connectivity index (χ4n) is 2.69. The first-order chi connectivity index (χ1) is 13.1. The lowest BCUT2D eigenvalue weighted by atomic mass is 10.1. The van der Waals surface area contributed by atoms with Gasteiger partial charge in [0, 0.05) is 47.3 Å². The molecule has 0 amide bonds. The van der Waals surface area contributed by atoms with Crippen molar-refractivity contribution in [3.63, 3.8) is 0 Å². The van der Waals surface area contributed by atoms with Gasteiger partial charge in [0.1, 0.15) is 0 Å². The first kappa shape index (κ1) is 19.2. The van der Waals surface area contributed by atoms with E-state index >= 15 is 0 Å². The molecule has 7 heteroatoms. The molecule has 0 spiro atoms. The molecule has 0 radical (unpaired) electrons. The Morgan fingerprint density at radius 3 is 2.74 bits per heavy atom. The van der Waals surface area contributed by atoms with E-state index < -0.39 is 0 Å². The van der Waals surface area contributed by atoms with E-state index in [2.05, 4.69) is 41.2 Å². The zero-order valence-electron chi connectivity index (χ0n) is 15.2. The molecule has 0 aliphatic carbocycles. The van der Waals surface area contributed by atoms with Gasteiger partial charge < -0.3 is 5.32 Å². The summed E-state index contributed by atoms with van der Waals surface area (Å²) in [6.45, 7) is 2.68. The number of anilines is 1. The van der Waals surface area contributed by atoms with Crippen LogP contribution in [0.25, 0.3) is 0 Å². The second kappa shape index (κ2) is 9.41. The van der Waals surface area contributed by atoms with Crippen LogP contribution in [0, 0.1) is 6.92 Å². The average molecular weight is 428 g/mol. The molecular formula is C20H22BrN5O. The number of aromatic amines is 1. The Hall–Kier alpha value is -2.54. The van der Waals surface area contributed by atoms with Crippen molar-refractivity contribution in [1.82, 2.24) is 19.9 Å². The van der Waals surface area contributed by atoms with Gasteiger partial charge in [-0.15, -0.1) is 0 Å².